The Balaban J connectivity index is 1.83. The van der Waals surface area contributed by atoms with Gasteiger partial charge in [-0.1, -0.05) is 55.1 Å². The predicted molar refractivity (Wildman–Crippen MR) is 137 cm³/mol. The van der Waals surface area contributed by atoms with Gasteiger partial charge < -0.3 is 11.1 Å². The van der Waals surface area contributed by atoms with E-state index in [0.717, 1.165) is 22.0 Å². The van der Waals surface area contributed by atoms with Crippen LogP contribution in [0.1, 0.15) is 17.4 Å². The molecule has 0 aliphatic carbocycles. The SMILES string of the molecule is C=C/C=C(\N=C)C(C)NC(=O)c1nc(-c2ccc3ncccc3c2)c(-c2ccccc2)nc1N. The van der Waals surface area contributed by atoms with Gasteiger partial charge in [0.2, 0.25) is 0 Å². The Morgan fingerprint density at radius 3 is 2.56 bits per heavy atom. The van der Waals surface area contributed by atoms with Crippen LogP contribution in [0.3, 0.4) is 0 Å². The van der Waals surface area contributed by atoms with Gasteiger partial charge in [-0.3, -0.25) is 14.8 Å². The molecule has 0 aliphatic rings. The molecule has 4 rings (SSSR count). The van der Waals surface area contributed by atoms with Crippen molar-refractivity contribution in [1.29, 1.82) is 0 Å². The van der Waals surface area contributed by atoms with E-state index in [1.165, 1.54) is 0 Å². The number of benzene rings is 2. The lowest BCUT2D eigenvalue weighted by molar-refractivity contribution is 0.0941. The molecular formula is C27H24N6O. The van der Waals surface area contributed by atoms with Crippen molar-refractivity contribution in [3.05, 3.63) is 97.0 Å². The second-order valence-corrected chi connectivity index (χ2v) is 7.61. The number of amides is 1. The fourth-order valence-corrected chi connectivity index (χ4v) is 3.63. The van der Waals surface area contributed by atoms with Crippen LogP contribution in [0.25, 0.3) is 33.4 Å². The zero-order valence-electron chi connectivity index (χ0n) is 18.8. The van der Waals surface area contributed by atoms with Crippen LogP contribution < -0.4 is 11.1 Å². The highest BCUT2D eigenvalue weighted by molar-refractivity contribution is 5.98. The summed E-state index contributed by atoms with van der Waals surface area (Å²) in [5.74, 6) is -0.421. The average Bonchev–Trinajstić information content (AvgIpc) is 2.87. The molecule has 0 fully saturated rings. The van der Waals surface area contributed by atoms with Crippen LogP contribution in [0.4, 0.5) is 5.82 Å². The molecule has 1 unspecified atom stereocenters. The molecule has 4 aromatic rings. The number of rotatable bonds is 7. The van der Waals surface area contributed by atoms with Crippen LogP contribution in [0, 0.1) is 0 Å². The van der Waals surface area contributed by atoms with Crippen LogP contribution in [0.15, 0.2) is 96.3 Å². The van der Waals surface area contributed by atoms with Crippen molar-refractivity contribution >= 4 is 29.3 Å². The molecule has 7 nitrogen and oxygen atoms in total. The van der Waals surface area contributed by atoms with E-state index in [-0.39, 0.29) is 11.5 Å². The van der Waals surface area contributed by atoms with Gasteiger partial charge in [0.25, 0.3) is 5.91 Å². The van der Waals surface area contributed by atoms with Crippen molar-refractivity contribution in [2.75, 3.05) is 5.73 Å². The van der Waals surface area contributed by atoms with Gasteiger partial charge in [0.1, 0.15) is 0 Å². The molecule has 0 bridgehead atoms. The van der Waals surface area contributed by atoms with Gasteiger partial charge in [0.05, 0.1) is 28.6 Å². The summed E-state index contributed by atoms with van der Waals surface area (Å²) in [4.78, 5) is 30.8. The summed E-state index contributed by atoms with van der Waals surface area (Å²) in [5.41, 5.74) is 10.5. The molecule has 7 heteroatoms. The fourth-order valence-electron chi connectivity index (χ4n) is 3.63. The van der Waals surface area contributed by atoms with Crippen LogP contribution >= 0.6 is 0 Å². The van der Waals surface area contributed by atoms with E-state index in [9.17, 15) is 4.79 Å². The Morgan fingerprint density at radius 2 is 1.82 bits per heavy atom. The number of nitrogens with one attached hydrogen (secondary N) is 1. The maximum absolute atomic E-state index is 13.1. The van der Waals surface area contributed by atoms with Crippen molar-refractivity contribution < 1.29 is 4.79 Å². The Kier molecular flexibility index (Phi) is 6.54. The number of allylic oxidation sites excluding steroid dienone is 2. The van der Waals surface area contributed by atoms with Gasteiger partial charge in [0, 0.05) is 22.7 Å². The summed E-state index contributed by atoms with van der Waals surface area (Å²) >= 11 is 0. The number of nitrogen functional groups attached to an aromatic ring is 1. The molecule has 1 atom stereocenters. The minimum atomic E-state index is -0.459. The summed E-state index contributed by atoms with van der Waals surface area (Å²) in [6, 6.07) is 18.9. The molecular weight excluding hydrogens is 424 g/mol. The third kappa shape index (κ3) is 4.59. The molecule has 0 saturated heterocycles. The second kappa shape index (κ2) is 9.87. The topological polar surface area (TPSA) is 106 Å². The minimum absolute atomic E-state index is 0.0369. The largest absolute Gasteiger partial charge is 0.382 e. The smallest absolute Gasteiger partial charge is 0.274 e. The molecule has 2 aromatic carbocycles. The predicted octanol–water partition coefficient (Wildman–Crippen LogP) is 4.83. The van der Waals surface area contributed by atoms with Crippen molar-refractivity contribution in [3.8, 4) is 22.5 Å². The van der Waals surface area contributed by atoms with Crippen molar-refractivity contribution in [2.45, 2.75) is 13.0 Å². The zero-order chi connectivity index (χ0) is 24.1. The van der Waals surface area contributed by atoms with Crippen LogP contribution in [-0.4, -0.2) is 33.6 Å². The molecule has 1 amide bonds. The third-order valence-corrected chi connectivity index (χ3v) is 5.32. The van der Waals surface area contributed by atoms with E-state index in [1.54, 1.807) is 25.3 Å². The van der Waals surface area contributed by atoms with Gasteiger partial charge in [-0.05, 0) is 37.9 Å². The number of aromatic nitrogens is 3. The van der Waals surface area contributed by atoms with E-state index >= 15 is 0 Å². The first-order chi connectivity index (χ1) is 16.5. The number of carbonyl (C=O) groups excluding carboxylic acids is 1. The maximum Gasteiger partial charge on any atom is 0.274 e. The van der Waals surface area contributed by atoms with E-state index in [2.05, 4.69) is 33.6 Å². The highest BCUT2D eigenvalue weighted by Gasteiger charge is 2.22. The van der Waals surface area contributed by atoms with Gasteiger partial charge in [0.15, 0.2) is 11.5 Å². The Labute approximate surface area is 197 Å². The highest BCUT2D eigenvalue weighted by Crippen LogP contribution is 2.32. The minimum Gasteiger partial charge on any atom is -0.382 e. The Morgan fingerprint density at radius 1 is 1.06 bits per heavy atom. The number of hydrogen-bond donors (Lipinski definition) is 2. The molecule has 0 radical (unpaired) electrons. The van der Waals surface area contributed by atoms with E-state index in [1.807, 2.05) is 60.7 Å². The highest BCUT2D eigenvalue weighted by atomic mass is 16.2. The van der Waals surface area contributed by atoms with Crippen LogP contribution in [0.2, 0.25) is 0 Å². The first-order valence-electron chi connectivity index (χ1n) is 10.7. The lowest BCUT2D eigenvalue weighted by Crippen LogP contribution is -2.35. The lowest BCUT2D eigenvalue weighted by Gasteiger charge is -2.16. The molecule has 168 valence electrons. The lowest BCUT2D eigenvalue weighted by atomic mass is 10.0. The quantitative estimate of drug-likeness (QED) is 0.311. The number of carbonyl (C=O) groups is 1. The van der Waals surface area contributed by atoms with E-state index in [4.69, 9.17) is 10.7 Å². The van der Waals surface area contributed by atoms with Crippen molar-refractivity contribution in [2.24, 2.45) is 4.99 Å². The monoisotopic (exact) mass is 448 g/mol. The summed E-state index contributed by atoms with van der Waals surface area (Å²) < 4.78 is 0. The van der Waals surface area contributed by atoms with Gasteiger partial charge in [-0.25, -0.2) is 9.97 Å². The molecule has 2 aromatic heterocycles. The molecule has 0 aliphatic heterocycles. The molecule has 3 N–H and O–H groups in total. The number of pyridine rings is 1. The average molecular weight is 449 g/mol. The van der Waals surface area contributed by atoms with Crippen LogP contribution in [-0.2, 0) is 0 Å². The van der Waals surface area contributed by atoms with E-state index in [0.29, 0.717) is 17.1 Å². The van der Waals surface area contributed by atoms with E-state index < -0.39 is 11.9 Å². The number of hydrogen-bond acceptors (Lipinski definition) is 6. The Bertz CT molecular complexity index is 1410. The second-order valence-electron chi connectivity index (χ2n) is 7.61. The number of nitrogens with two attached hydrogens (primary N) is 1. The molecule has 34 heavy (non-hydrogen) atoms. The number of fused-ring (bicyclic) bond motifs is 1. The van der Waals surface area contributed by atoms with Crippen LogP contribution in [0.5, 0.6) is 0 Å². The number of nitrogens with zero attached hydrogens (tertiary/aromatic N) is 4. The normalized spacial score (nSPS) is 12.2. The van der Waals surface area contributed by atoms with Gasteiger partial charge in [-0.15, -0.1) is 0 Å². The summed E-state index contributed by atoms with van der Waals surface area (Å²) in [7, 11) is 0. The standard InChI is InChI=1S/C27H24N6O/c1-4-9-21(29-3)17(2)31-27(34)25-26(28)33-23(18-10-6-5-7-11-18)24(32-25)20-13-14-22-19(16-20)12-8-15-30-22/h4-17H,1,3H2,2H3,(H2,28,33)(H,31,34)/b21-9-. The zero-order valence-corrected chi connectivity index (χ0v) is 18.8. The fraction of sp³-hybridized carbons (Fsp3) is 0.0741. The first kappa shape index (κ1) is 22.5. The third-order valence-electron chi connectivity index (χ3n) is 5.32. The number of aliphatic imine (C=N–C) groups is 1. The Hall–Kier alpha value is -4.65. The molecule has 0 spiro atoms. The summed E-state index contributed by atoms with van der Waals surface area (Å²) in [6.45, 7) is 9.00. The maximum atomic E-state index is 13.1. The summed E-state index contributed by atoms with van der Waals surface area (Å²) in [5, 5.41) is 3.81. The summed E-state index contributed by atoms with van der Waals surface area (Å²) in [6.07, 6.45) is 5.01. The van der Waals surface area contributed by atoms with Gasteiger partial charge >= 0.3 is 0 Å². The molecule has 0 saturated carbocycles. The van der Waals surface area contributed by atoms with Crippen molar-refractivity contribution in [3.63, 3.8) is 0 Å². The number of anilines is 1. The van der Waals surface area contributed by atoms with Gasteiger partial charge in [-0.2, -0.15) is 0 Å². The first-order valence-corrected chi connectivity index (χ1v) is 10.7. The van der Waals surface area contributed by atoms with Crippen molar-refractivity contribution in [1.82, 2.24) is 20.3 Å². The molecule has 2 heterocycles.